The van der Waals surface area contributed by atoms with Gasteiger partial charge in [-0.05, 0) is 40.0 Å². The number of benzene rings is 6. The highest BCUT2D eigenvalue weighted by Crippen LogP contribution is 2.49. The Balaban J connectivity index is 1.37. The van der Waals surface area contributed by atoms with E-state index in [0.717, 1.165) is 33.9 Å². The van der Waals surface area contributed by atoms with Gasteiger partial charge in [-0.15, -0.1) is 11.3 Å². The number of hydrogen-bond acceptors (Lipinski definition) is 3. The predicted molar refractivity (Wildman–Crippen MR) is 183 cm³/mol. The first-order valence-corrected chi connectivity index (χ1v) is 15.5. The molecular weight excluding hydrogens is 541 g/mol. The minimum Gasteiger partial charge on any atom is -0.252 e. The monoisotopic (exact) mass is 566 g/mol. The van der Waals surface area contributed by atoms with Crippen molar-refractivity contribution in [3.8, 4) is 0 Å². The summed E-state index contributed by atoms with van der Waals surface area (Å²) < 4.78 is 2.62. The molecule has 0 saturated heterocycles. The molecule has 2 nitrogen and oxygen atoms in total. The van der Waals surface area contributed by atoms with Gasteiger partial charge in [0.25, 0.3) is 0 Å². The van der Waals surface area contributed by atoms with Gasteiger partial charge in [-0.1, -0.05) is 133 Å². The molecule has 0 N–H and O–H groups in total. The average molecular weight is 567 g/mol. The zero-order valence-electron chi connectivity index (χ0n) is 23.4. The Hall–Kier alpha value is -5.12. The Bertz CT molecular complexity index is 2400. The Morgan fingerprint density at radius 2 is 1.23 bits per heavy atom. The number of allylic oxidation sites excluding steroid dienone is 4. The lowest BCUT2D eigenvalue weighted by molar-refractivity contribution is 0.640. The fourth-order valence-corrected chi connectivity index (χ4v) is 8.34. The summed E-state index contributed by atoms with van der Waals surface area (Å²) in [6, 6.07) is 43.4. The van der Waals surface area contributed by atoms with Gasteiger partial charge in [0.2, 0.25) is 0 Å². The molecular formula is C40H26N2S. The van der Waals surface area contributed by atoms with Crippen molar-refractivity contribution in [1.82, 2.24) is 9.97 Å². The number of rotatable bonds is 3. The number of nitrogens with zero attached hydrogens (tertiary/aromatic N) is 2. The topological polar surface area (TPSA) is 25.8 Å². The second-order valence-corrected chi connectivity index (χ2v) is 12.4. The van der Waals surface area contributed by atoms with Crippen molar-refractivity contribution in [3.05, 3.63) is 163 Å². The molecule has 1 aliphatic carbocycles. The van der Waals surface area contributed by atoms with E-state index in [-0.39, 0.29) is 0 Å². The van der Waals surface area contributed by atoms with Gasteiger partial charge in [-0.3, -0.25) is 4.98 Å². The number of hydrogen-bond donors (Lipinski definition) is 0. The molecule has 2 heterocycles. The highest BCUT2D eigenvalue weighted by atomic mass is 32.1. The van der Waals surface area contributed by atoms with Crippen molar-refractivity contribution in [1.29, 1.82) is 0 Å². The van der Waals surface area contributed by atoms with Crippen molar-refractivity contribution >= 4 is 69.7 Å². The largest absolute Gasteiger partial charge is 0.252 e. The van der Waals surface area contributed by atoms with E-state index >= 15 is 0 Å². The van der Waals surface area contributed by atoms with Gasteiger partial charge < -0.3 is 0 Å². The molecule has 1 unspecified atom stereocenters. The van der Waals surface area contributed by atoms with Crippen LogP contribution >= 0.6 is 11.3 Å². The van der Waals surface area contributed by atoms with Crippen LogP contribution in [0.4, 0.5) is 0 Å². The van der Waals surface area contributed by atoms with E-state index in [4.69, 9.17) is 9.97 Å². The molecule has 2 aromatic heterocycles. The first kappa shape index (κ1) is 24.5. The lowest BCUT2D eigenvalue weighted by Crippen LogP contribution is -2.29. The van der Waals surface area contributed by atoms with E-state index in [0.29, 0.717) is 0 Å². The maximum atomic E-state index is 5.58. The molecule has 0 spiro atoms. The van der Waals surface area contributed by atoms with Gasteiger partial charge in [-0.25, -0.2) is 4.98 Å². The minimum absolute atomic E-state index is 0.492. The second kappa shape index (κ2) is 9.45. The van der Waals surface area contributed by atoms with Gasteiger partial charge in [0, 0.05) is 30.9 Å². The molecule has 8 aromatic rings. The van der Waals surface area contributed by atoms with Crippen LogP contribution in [0.3, 0.4) is 0 Å². The summed E-state index contributed by atoms with van der Waals surface area (Å²) in [6.45, 7) is 0. The van der Waals surface area contributed by atoms with Crippen LogP contribution in [0.2, 0.25) is 0 Å². The van der Waals surface area contributed by atoms with Gasteiger partial charge in [0.1, 0.15) is 0 Å². The number of aromatic nitrogens is 2. The molecule has 6 aromatic carbocycles. The van der Waals surface area contributed by atoms with Crippen LogP contribution in [0.15, 0.2) is 146 Å². The predicted octanol–water partition coefficient (Wildman–Crippen LogP) is 10.6. The van der Waals surface area contributed by atoms with Crippen LogP contribution in [0.1, 0.15) is 23.2 Å². The van der Waals surface area contributed by atoms with Crippen LogP contribution in [0, 0.1) is 0 Å². The summed E-state index contributed by atoms with van der Waals surface area (Å²) >= 11 is 1.88. The van der Waals surface area contributed by atoms with Crippen molar-refractivity contribution < 1.29 is 0 Å². The Kier molecular flexibility index (Phi) is 5.38. The summed E-state index contributed by atoms with van der Waals surface area (Å²) in [5.74, 6) is 0. The van der Waals surface area contributed by atoms with Gasteiger partial charge in [0.05, 0.1) is 28.3 Å². The standard InChI is InChI=1S/C40H26N2S/c1-2-12-26(13-3-1)27-14-11-23-40(24-27,34-21-10-20-33-30-17-8-9-22-35(30)43-39(33)34)36-25-41-37-31-18-6-4-15-28(31)29-16-5-7-19-32(29)38(37)42-36/h1-23,25H,24H2. The Morgan fingerprint density at radius 1 is 0.581 bits per heavy atom. The molecule has 0 saturated carbocycles. The quantitative estimate of drug-likeness (QED) is 0.199. The summed E-state index contributed by atoms with van der Waals surface area (Å²) in [6.07, 6.45) is 9.68. The molecule has 0 aliphatic heterocycles. The van der Waals surface area contributed by atoms with Crippen LogP contribution in [-0.2, 0) is 5.41 Å². The molecule has 0 amide bonds. The van der Waals surface area contributed by atoms with E-state index in [1.165, 1.54) is 47.6 Å². The zero-order valence-corrected chi connectivity index (χ0v) is 24.2. The van der Waals surface area contributed by atoms with Crippen molar-refractivity contribution in [3.63, 3.8) is 0 Å². The highest BCUT2D eigenvalue weighted by Gasteiger charge is 2.38. The molecule has 1 aliphatic rings. The summed E-state index contributed by atoms with van der Waals surface area (Å²) in [5, 5.41) is 7.30. The molecule has 0 bridgehead atoms. The van der Waals surface area contributed by atoms with E-state index < -0.39 is 5.41 Å². The van der Waals surface area contributed by atoms with Crippen molar-refractivity contribution in [2.24, 2.45) is 0 Å². The molecule has 9 rings (SSSR count). The van der Waals surface area contributed by atoms with Crippen LogP contribution < -0.4 is 0 Å². The minimum atomic E-state index is -0.492. The molecule has 0 fully saturated rings. The zero-order chi connectivity index (χ0) is 28.4. The van der Waals surface area contributed by atoms with Crippen LogP contribution in [0.5, 0.6) is 0 Å². The van der Waals surface area contributed by atoms with E-state index in [1.807, 2.05) is 17.5 Å². The van der Waals surface area contributed by atoms with Crippen LogP contribution in [0.25, 0.3) is 58.3 Å². The van der Waals surface area contributed by atoms with Gasteiger partial charge >= 0.3 is 0 Å². The van der Waals surface area contributed by atoms with E-state index in [9.17, 15) is 0 Å². The average Bonchev–Trinajstić information content (AvgIpc) is 3.47. The SMILES string of the molecule is C1=CC(c2cnc3c4ccccc4c4ccccc4c3n2)(c2cccc3c2sc2ccccc23)CC(c2ccccc2)=C1. The van der Waals surface area contributed by atoms with Crippen molar-refractivity contribution in [2.75, 3.05) is 0 Å². The molecule has 0 radical (unpaired) electrons. The third kappa shape index (κ3) is 3.65. The maximum Gasteiger partial charge on any atom is 0.0975 e. The summed E-state index contributed by atoms with van der Waals surface area (Å²) in [4.78, 5) is 10.8. The summed E-state index contributed by atoms with van der Waals surface area (Å²) in [7, 11) is 0. The normalized spacial score (nSPS) is 16.9. The van der Waals surface area contributed by atoms with Crippen LogP contribution in [-0.4, -0.2) is 9.97 Å². The van der Waals surface area contributed by atoms with E-state index in [1.54, 1.807) is 0 Å². The molecule has 1 atom stereocenters. The third-order valence-corrected chi connectivity index (χ3v) is 10.3. The fourth-order valence-electron chi connectivity index (χ4n) is 7.03. The fraction of sp³-hybridized carbons (Fsp3) is 0.0500. The maximum absolute atomic E-state index is 5.58. The number of fused-ring (bicyclic) bond motifs is 9. The third-order valence-electron chi connectivity index (χ3n) is 9.06. The smallest absolute Gasteiger partial charge is 0.0975 e. The second-order valence-electron chi connectivity index (χ2n) is 11.4. The highest BCUT2D eigenvalue weighted by molar-refractivity contribution is 7.26. The molecule has 43 heavy (non-hydrogen) atoms. The van der Waals surface area contributed by atoms with E-state index in [2.05, 4.69) is 140 Å². The molecule has 3 heteroatoms. The van der Waals surface area contributed by atoms with Crippen molar-refractivity contribution in [2.45, 2.75) is 11.8 Å². The first-order chi connectivity index (χ1) is 21.3. The first-order valence-electron chi connectivity index (χ1n) is 14.7. The van der Waals surface area contributed by atoms with Gasteiger partial charge in [-0.2, -0.15) is 0 Å². The molecule has 202 valence electrons. The summed E-state index contributed by atoms with van der Waals surface area (Å²) in [5.41, 5.74) is 6.21. The lowest BCUT2D eigenvalue weighted by atomic mass is 9.69. The number of thiophene rings is 1. The Morgan fingerprint density at radius 3 is 2.02 bits per heavy atom. The van der Waals surface area contributed by atoms with Gasteiger partial charge in [0.15, 0.2) is 0 Å². The lowest BCUT2D eigenvalue weighted by Gasteiger charge is -2.34. The Labute approximate surface area is 253 Å².